The number of carbonyl (C=O) groups is 2. The number of benzene rings is 1. The largest absolute Gasteiger partial charge is 0.463 e. The molecule has 3 unspecified atom stereocenters. The quantitative estimate of drug-likeness (QED) is 0.487. The Morgan fingerprint density at radius 3 is 2.72 bits per heavy atom. The highest BCUT2D eigenvalue weighted by Gasteiger charge is 2.27. The minimum atomic E-state index is -0.470. The summed E-state index contributed by atoms with van der Waals surface area (Å²) in [5.74, 6) is -0.0524. The maximum absolute atomic E-state index is 12.1. The number of alkyl carbamates (subject to hydrolysis) is 1. The fourth-order valence-electron chi connectivity index (χ4n) is 2.81. The molecule has 0 bridgehead atoms. The van der Waals surface area contributed by atoms with Crippen LogP contribution in [0.3, 0.4) is 0 Å². The van der Waals surface area contributed by atoms with Crippen molar-refractivity contribution >= 4 is 12.1 Å². The molecule has 25 heavy (non-hydrogen) atoms. The molecule has 5 nitrogen and oxygen atoms in total. The zero-order valence-corrected chi connectivity index (χ0v) is 14.7. The normalized spacial score (nSPS) is 22.6. The Bertz CT molecular complexity index is 624. The van der Waals surface area contributed by atoms with Crippen molar-refractivity contribution in [2.24, 2.45) is 11.8 Å². The van der Waals surface area contributed by atoms with Gasteiger partial charge in [-0.1, -0.05) is 55.5 Å². The third kappa shape index (κ3) is 6.10. The van der Waals surface area contributed by atoms with Crippen LogP contribution in [0.25, 0.3) is 0 Å². The first-order chi connectivity index (χ1) is 12.1. The number of hydrogen-bond acceptors (Lipinski definition) is 4. The molecule has 3 atom stereocenters. The molecule has 0 saturated carbocycles. The van der Waals surface area contributed by atoms with Crippen LogP contribution in [0.2, 0.25) is 0 Å². The van der Waals surface area contributed by atoms with Crippen LogP contribution in [0, 0.1) is 11.8 Å². The van der Waals surface area contributed by atoms with Crippen LogP contribution < -0.4 is 5.32 Å². The number of ether oxygens (including phenoxy) is 2. The number of nitrogens with one attached hydrogen (secondary N) is 1. The summed E-state index contributed by atoms with van der Waals surface area (Å²) in [5.41, 5.74) is 0.934. The van der Waals surface area contributed by atoms with Crippen molar-refractivity contribution in [3.63, 3.8) is 0 Å². The number of esters is 1. The number of carbonyl (C=O) groups excluding carboxylic acids is 2. The van der Waals surface area contributed by atoms with E-state index >= 15 is 0 Å². The second kappa shape index (κ2) is 9.67. The second-order valence-corrected chi connectivity index (χ2v) is 6.06. The van der Waals surface area contributed by atoms with Gasteiger partial charge in [-0.3, -0.25) is 0 Å². The van der Waals surface area contributed by atoms with E-state index in [0.717, 1.165) is 12.0 Å². The molecule has 5 heteroatoms. The van der Waals surface area contributed by atoms with Crippen molar-refractivity contribution in [1.29, 1.82) is 0 Å². The molecular formula is C20H25NO4. The van der Waals surface area contributed by atoms with E-state index in [4.69, 9.17) is 9.47 Å². The molecule has 1 N–H and O–H groups in total. The molecule has 1 amide bonds. The summed E-state index contributed by atoms with van der Waals surface area (Å²) in [6.45, 7) is 4.43. The number of rotatable bonds is 6. The number of hydrogen-bond donors (Lipinski definition) is 1. The van der Waals surface area contributed by atoms with Gasteiger partial charge in [0.15, 0.2) is 0 Å². The third-order valence-electron chi connectivity index (χ3n) is 4.16. The average molecular weight is 343 g/mol. The van der Waals surface area contributed by atoms with Gasteiger partial charge in [0, 0.05) is 12.0 Å². The summed E-state index contributed by atoms with van der Waals surface area (Å²) in [6, 6.07) is 9.31. The van der Waals surface area contributed by atoms with Gasteiger partial charge in [-0.15, -0.1) is 0 Å². The first kappa shape index (κ1) is 18.8. The van der Waals surface area contributed by atoms with Gasteiger partial charge < -0.3 is 14.8 Å². The average Bonchev–Trinajstić information content (AvgIpc) is 2.60. The Hall–Kier alpha value is -2.56. The smallest absolute Gasteiger partial charge is 0.407 e. The van der Waals surface area contributed by atoms with Crippen LogP contribution in [0.5, 0.6) is 0 Å². The lowest BCUT2D eigenvalue weighted by molar-refractivity contribution is -0.137. The molecule has 1 aliphatic carbocycles. The molecule has 0 spiro atoms. The van der Waals surface area contributed by atoms with Crippen molar-refractivity contribution in [3.8, 4) is 0 Å². The van der Waals surface area contributed by atoms with Gasteiger partial charge in [-0.05, 0) is 24.8 Å². The summed E-state index contributed by atoms with van der Waals surface area (Å²) in [4.78, 5) is 23.6. The first-order valence-corrected chi connectivity index (χ1v) is 8.59. The predicted molar refractivity (Wildman–Crippen MR) is 95.7 cm³/mol. The summed E-state index contributed by atoms with van der Waals surface area (Å²) in [6.07, 6.45) is 7.67. The Labute approximate surface area is 148 Å². The topological polar surface area (TPSA) is 64.6 Å². The number of amides is 1. The first-order valence-electron chi connectivity index (χ1n) is 8.59. The lowest BCUT2D eigenvalue weighted by Gasteiger charge is -2.31. The van der Waals surface area contributed by atoms with E-state index in [1.807, 2.05) is 48.6 Å². The van der Waals surface area contributed by atoms with E-state index in [0.29, 0.717) is 12.5 Å². The SMILES string of the molecule is CCOC(=O)C=CC1C(C)CC=CC1NC(=O)OCc1ccccc1. The lowest BCUT2D eigenvalue weighted by atomic mass is 9.80. The molecule has 0 radical (unpaired) electrons. The maximum Gasteiger partial charge on any atom is 0.407 e. The Kier molecular flexibility index (Phi) is 7.26. The van der Waals surface area contributed by atoms with Gasteiger partial charge in [0.05, 0.1) is 12.6 Å². The summed E-state index contributed by atoms with van der Waals surface area (Å²) in [5, 5.41) is 2.87. The zero-order chi connectivity index (χ0) is 18.1. The maximum atomic E-state index is 12.1. The zero-order valence-electron chi connectivity index (χ0n) is 14.7. The summed E-state index contributed by atoms with van der Waals surface area (Å²) in [7, 11) is 0. The van der Waals surface area contributed by atoms with Gasteiger partial charge in [0.1, 0.15) is 6.61 Å². The van der Waals surface area contributed by atoms with Gasteiger partial charge >= 0.3 is 12.1 Å². The minimum Gasteiger partial charge on any atom is -0.463 e. The molecule has 0 aliphatic heterocycles. The van der Waals surface area contributed by atoms with Crippen molar-refractivity contribution in [2.75, 3.05) is 6.61 Å². The van der Waals surface area contributed by atoms with Crippen LogP contribution in [0.15, 0.2) is 54.6 Å². The van der Waals surface area contributed by atoms with E-state index < -0.39 is 6.09 Å². The monoisotopic (exact) mass is 343 g/mol. The molecule has 0 aromatic heterocycles. The summed E-state index contributed by atoms with van der Waals surface area (Å²) < 4.78 is 10.2. The molecule has 134 valence electrons. The molecule has 2 rings (SSSR count). The molecule has 1 aliphatic rings. The van der Waals surface area contributed by atoms with Crippen LogP contribution in [-0.4, -0.2) is 24.7 Å². The molecule has 0 fully saturated rings. The highest BCUT2D eigenvalue weighted by atomic mass is 16.5. The van der Waals surface area contributed by atoms with E-state index in [2.05, 4.69) is 12.2 Å². The standard InChI is InChI=1S/C20H25NO4/c1-3-24-19(22)13-12-17-15(2)8-7-11-18(17)21-20(23)25-14-16-9-5-4-6-10-16/h4-7,9-13,15,17-18H,3,8,14H2,1-2H3,(H,21,23). The van der Waals surface area contributed by atoms with Crippen LogP contribution in [0.1, 0.15) is 25.8 Å². The molecule has 0 heterocycles. The predicted octanol–water partition coefficient (Wildman–Crippen LogP) is 3.61. The van der Waals surface area contributed by atoms with Crippen molar-refractivity contribution in [2.45, 2.75) is 32.9 Å². The van der Waals surface area contributed by atoms with Crippen molar-refractivity contribution in [1.82, 2.24) is 5.32 Å². The second-order valence-electron chi connectivity index (χ2n) is 6.06. The highest BCUT2D eigenvalue weighted by molar-refractivity contribution is 5.82. The Morgan fingerprint density at radius 1 is 1.24 bits per heavy atom. The van der Waals surface area contributed by atoms with E-state index in [-0.39, 0.29) is 24.5 Å². The van der Waals surface area contributed by atoms with E-state index in [1.54, 1.807) is 6.92 Å². The van der Waals surface area contributed by atoms with Crippen LogP contribution >= 0.6 is 0 Å². The van der Waals surface area contributed by atoms with Crippen LogP contribution in [0.4, 0.5) is 4.79 Å². The van der Waals surface area contributed by atoms with Crippen molar-refractivity contribution in [3.05, 3.63) is 60.2 Å². The van der Waals surface area contributed by atoms with Gasteiger partial charge in [0.2, 0.25) is 0 Å². The Balaban J connectivity index is 1.92. The summed E-state index contributed by atoms with van der Waals surface area (Å²) >= 11 is 0. The molecule has 0 saturated heterocycles. The molecule has 1 aromatic carbocycles. The highest BCUT2D eigenvalue weighted by Crippen LogP contribution is 2.26. The van der Waals surface area contributed by atoms with Gasteiger partial charge in [0.25, 0.3) is 0 Å². The third-order valence-corrected chi connectivity index (χ3v) is 4.16. The lowest BCUT2D eigenvalue weighted by Crippen LogP contribution is -2.42. The number of allylic oxidation sites excluding steroid dienone is 1. The fourth-order valence-corrected chi connectivity index (χ4v) is 2.81. The molecular weight excluding hydrogens is 318 g/mol. The van der Waals surface area contributed by atoms with E-state index in [9.17, 15) is 9.59 Å². The minimum absolute atomic E-state index is 0.0127. The fraction of sp³-hybridized carbons (Fsp3) is 0.400. The van der Waals surface area contributed by atoms with Gasteiger partial charge in [-0.2, -0.15) is 0 Å². The van der Waals surface area contributed by atoms with Crippen LogP contribution in [-0.2, 0) is 20.9 Å². The van der Waals surface area contributed by atoms with Gasteiger partial charge in [-0.25, -0.2) is 9.59 Å². The van der Waals surface area contributed by atoms with E-state index in [1.165, 1.54) is 6.08 Å². The molecule has 1 aromatic rings. The Morgan fingerprint density at radius 2 is 2.00 bits per heavy atom. The van der Waals surface area contributed by atoms with Crippen molar-refractivity contribution < 1.29 is 19.1 Å².